The first-order valence-electron chi connectivity index (χ1n) is 20.9. The van der Waals surface area contributed by atoms with Gasteiger partial charge in [0.1, 0.15) is 0 Å². The molecular formula is C58H44N2. The van der Waals surface area contributed by atoms with Crippen LogP contribution < -0.4 is 4.90 Å². The number of anilines is 3. The van der Waals surface area contributed by atoms with Gasteiger partial charge < -0.3 is 9.47 Å². The van der Waals surface area contributed by atoms with Gasteiger partial charge in [0.15, 0.2) is 0 Å². The highest BCUT2D eigenvalue weighted by molar-refractivity contribution is 6.10. The van der Waals surface area contributed by atoms with Crippen molar-refractivity contribution in [1.29, 1.82) is 0 Å². The second kappa shape index (κ2) is 14.1. The standard InChI is InChI=1S/C58H44N2/c1-57(2)51-30-17-15-29-50(51)56-52(57)31-19-33-54(56)59(47-38-39-49-48-28-16-18-32-53(48)60(55(49)40-47)45-26-13-6-14-27-45)46-36-34-44(35-37-46)58(41-20-7-3-8-21-41,42-22-9-4-10-23-42)43-24-11-5-12-25-43/h3-40H,1-2H3. The van der Waals surface area contributed by atoms with Gasteiger partial charge in [0, 0.05) is 38.8 Å². The molecule has 1 aliphatic rings. The Bertz CT molecular complexity index is 3050. The minimum Gasteiger partial charge on any atom is -0.310 e. The normalized spacial score (nSPS) is 13.0. The Hall–Kier alpha value is -7.42. The maximum atomic E-state index is 2.49. The van der Waals surface area contributed by atoms with Gasteiger partial charge in [-0.1, -0.05) is 196 Å². The van der Waals surface area contributed by atoms with E-state index in [0.29, 0.717) is 0 Å². The number of rotatable bonds is 8. The third-order valence-electron chi connectivity index (χ3n) is 12.9. The van der Waals surface area contributed by atoms with Crippen molar-refractivity contribution >= 4 is 38.9 Å². The van der Waals surface area contributed by atoms with Crippen molar-refractivity contribution in [3.8, 4) is 16.8 Å². The summed E-state index contributed by atoms with van der Waals surface area (Å²) < 4.78 is 2.41. The summed E-state index contributed by atoms with van der Waals surface area (Å²) in [5.74, 6) is 0. The first kappa shape index (κ1) is 35.7. The summed E-state index contributed by atoms with van der Waals surface area (Å²) in [5.41, 5.74) is 16.4. The van der Waals surface area contributed by atoms with Crippen LogP contribution in [0.25, 0.3) is 38.6 Å². The summed E-state index contributed by atoms with van der Waals surface area (Å²) in [6.07, 6.45) is 0. The molecule has 0 saturated carbocycles. The number of hydrogen-bond donors (Lipinski definition) is 0. The van der Waals surface area contributed by atoms with Crippen LogP contribution in [-0.4, -0.2) is 4.57 Å². The van der Waals surface area contributed by atoms with Gasteiger partial charge in [-0.15, -0.1) is 0 Å². The van der Waals surface area contributed by atoms with Gasteiger partial charge in [0.2, 0.25) is 0 Å². The van der Waals surface area contributed by atoms with Crippen LogP contribution in [-0.2, 0) is 10.8 Å². The Morgan fingerprint density at radius 2 is 0.900 bits per heavy atom. The Balaban J connectivity index is 1.18. The van der Waals surface area contributed by atoms with E-state index in [4.69, 9.17) is 0 Å². The minimum absolute atomic E-state index is 0.137. The van der Waals surface area contributed by atoms with Crippen molar-refractivity contribution in [2.75, 3.05) is 4.90 Å². The maximum absolute atomic E-state index is 2.49. The summed E-state index contributed by atoms with van der Waals surface area (Å²) in [7, 11) is 0. The molecule has 0 amide bonds. The Labute approximate surface area is 352 Å². The first-order chi connectivity index (χ1) is 29.5. The molecular weight excluding hydrogens is 725 g/mol. The Kier molecular flexibility index (Phi) is 8.42. The maximum Gasteiger partial charge on any atom is 0.0701 e. The van der Waals surface area contributed by atoms with Crippen LogP contribution in [0.15, 0.2) is 231 Å². The fourth-order valence-electron chi connectivity index (χ4n) is 10.2. The lowest BCUT2D eigenvalue weighted by molar-refractivity contribution is 0.660. The average molecular weight is 769 g/mol. The molecule has 0 N–H and O–H groups in total. The smallest absolute Gasteiger partial charge is 0.0701 e. The van der Waals surface area contributed by atoms with Crippen molar-refractivity contribution in [1.82, 2.24) is 4.57 Å². The molecule has 0 saturated heterocycles. The van der Waals surface area contributed by atoms with Gasteiger partial charge >= 0.3 is 0 Å². The average Bonchev–Trinajstić information content (AvgIpc) is 3.77. The van der Waals surface area contributed by atoms with Crippen molar-refractivity contribution < 1.29 is 0 Å². The van der Waals surface area contributed by atoms with Crippen LogP contribution in [0.2, 0.25) is 0 Å². The summed E-state index contributed by atoms with van der Waals surface area (Å²) in [6, 6.07) is 84.7. The van der Waals surface area contributed by atoms with Gasteiger partial charge in [-0.2, -0.15) is 0 Å². The van der Waals surface area contributed by atoms with Crippen molar-refractivity contribution in [3.63, 3.8) is 0 Å². The van der Waals surface area contributed by atoms with Crippen LogP contribution >= 0.6 is 0 Å². The van der Waals surface area contributed by atoms with Crippen LogP contribution in [0.1, 0.15) is 47.2 Å². The molecule has 286 valence electrons. The quantitative estimate of drug-likeness (QED) is 0.140. The van der Waals surface area contributed by atoms with E-state index < -0.39 is 5.41 Å². The molecule has 0 bridgehead atoms. The lowest BCUT2D eigenvalue weighted by Crippen LogP contribution is -2.31. The fourth-order valence-corrected chi connectivity index (χ4v) is 10.2. The summed E-state index contributed by atoms with van der Waals surface area (Å²) in [6.45, 7) is 4.72. The molecule has 9 aromatic carbocycles. The molecule has 0 unspecified atom stereocenters. The van der Waals surface area contributed by atoms with Gasteiger partial charge in [-0.25, -0.2) is 0 Å². The van der Waals surface area contributed by atoms with E-state index in [1.165, 1.54) is 72.0 Å². The van der Waals surface area contributed by atoms with Gasteiger partial charge in [0.25, 0.3) is 0 Å². The lowest BCUT2D eigenvalue weighted by atomic mass is 9.65. The van der Waals surface area contributed by atoms with Gasteiger partial charge in [0.05, 0.1) is 22.1 Å². The monoisotopic (exact) mass is 768 g/mol. The lowest BCUT2D eigenvalue weighted by Gasteiger charge is -2.37. The van der Waals surface area contributed by atoms with E-state index in [9.17, 15) is 0 Å². The molecule has 0 spiro atoms. The number of para-hydroxylation sites is 2. The molecule has 1 aromatic heterocycles. The molecule has 60 heavy (non-hydrogen) atoms. The molecule has 10 aromatic rings. The number of fused-ring (bicyclic) bond motifs is 6. The number of hydrogen-bond acceptors (Lipinski definition) is 1. The van der Waals surface area contributed by atoms with E-state index in [1.807, 2.05) is 0 Å². The van der Waals surface area contributed by atoms with Crippen molar-refractivity contribution in [3.05, 3.63) is 264 Å². The molecule has 1 heterocycles. The van der Waals surface area contributed by atoms with E-state index in [2.05, 4.69) is 254 Å². The van der Waals surface area contributed by atoms with Crippen LogP contribution in [0.5, 0.6) is 0 Å². The first-order valence-corrected chi connectivity index (χ1v) is 20.9. The predicted octanol–water partition coefficient (Wildman–Crippen LogP) is 14.9. The van der Waals surface area contributed by atoms with E-state index in [0.717, 1.165) is 17.1 Å². The minimum atomic E-state index is -0.542. The summed E-state index contributed by atoms with van der Waals surface area (Å²) in [4.78, 5) is 2.49. The van der Waals surface area contributed by atoms with E-state index in [-0.39, 0.29) is 5.41 Å². The summed E-state index contributed by atoms with van der Waals surface area (Å²) >= 11 is 0. The molecule has 2 nitrogen and oxygen atoms in total. The highest BCUT2D eigenvalue weighted by Crippen LogP contribution is 2.55. The molecule has 2 heteroatoms. The van der Waals surface area contributed by atoms with Crippen LogP contribution in [0.3, 0.4) is 0 Å². The fraction of sp³-hybridized carbons (Fsp3) is 0.0690. The second-order valence-corrected chi connectivity index (χ2v) is 16.5. The number of nitrogens with zero attached hydrogens (tertiary/aromatic N) is 2. The third kappa shape index (κ3) is 5.41. The molecule has 0 aliphatic heterocycles. The zero-order chi connectivity index (χ0) is 40.3. The van der Waals surface area contributed by atoms with Crippen molar-refractivity contribution in [2.45, 2.75) is 24.7 Å². The molecule has 0 fully saturated rings. The van der Waals surface area contributed by atoms with Crippen LogP contribution in [0, 0.1) is 0 Å². The van der Waals surface area contributed by atoms with Crippen molar-refractivity contribution in [2.24, 2.45) is 0 Å². The molecule has 11 rings (SSSR count). The predicted molar refractivity (Wildman–Crippen MR) is 251 cm³/mol. The highest BCUT2D eigenvalue weighted by Gasteiger charge is 2.40. The van der Waals surface area contributed by atoms with Gasteiger partial charge in [-0.05, 0) is 87.5 Å². The zero-order valence-electron chi connectivity index (χ0n) is 33.8. The zero-order valence-corrected chi connectivity index (χ0v) is 33.8. The molecule has 0 atom stereocenters. The topological polar surface area (TPSA) is 8.17 Å². The van der Waals surface area contributed by atoms with Crippen LogP contribution in [0.4, 0.5) is 17.1 Å². The molecule has 0 radical (unpaired) electrons. The Morgan fingerprint density at radius 3 is 1.55 bits per heavy atom. The summed E-state index contributed by atoms with van der Waals surface area (Å²) in [5, 5.41) is 2.48. The second-order valence-electron chi connectivity index (χ2n) is 16.5. The van der Waals surface area contributed by atoms with E-state index in [1.54, 1.807) is 0 Å². The SMILES string of the molecule is CC1(C)c2ccccc2-c2c(N(c3ccc(C(c4ccccc4)(c4ccccc4)c4ccccc4)cc3)c3ccc4c5ccccc5n(-c5ccccc5)c4c3)cccc21. The third-order valence-corrected chi connectivity index (χ3v) is 12.9. The molecule has 1 aliphatic carbocycles. The number of benzene rings is 9. The van der Waals surface area contributed by atoms with E-state index >= 15 is 0 Å². The highest BCUT2D eigenvalue weighted by atomic mass is 15.1. The number of aromatic nitrogens is 1. The van der Waals surface area contributed by atoms with Gasteiger partial charge in [-0.3, -0.25) is 0 Å². The largest absolute Gasteiger partial charge is 0.310 e. The Morgan fingerprint density at radius 1 is 0.400 bits per heavy atom.